The Bertz CT molecular complexity index is 1890. The van der Waals surface area contributed by atoms with Gasteiger partial charge < -0.3 is 0 Å². The second-order valence-corrected chi connectivity index (χ2v) is 9.68. The Kier molecular flexibility index (Phi) is 4.52. The molecule has 0 unspecified atom stereocenters. The van der Waals surface area contributed by atoms with Crippen molar-refractivity contribution in [1.29, 1.82) is 0 Å². The average Bonchev–Trinajstić information content (AvgIpc) is 3.51. The first-order valence-corrected chi connectivity index (χ1v) is 12.9. The number of hydrogen-bond acceptors (Lipinski definition) is 1. The van der Waals surface area contributed by atoms with Crippen molar-refractivity contribution < 1.29 is 0 Å². The van der Waals surface area contributed by atoms with Crippen molar-refractivity contribution >= 4 is 43.6 Å². The number of nitrogens with zero attached hydrogens (tertiary/aromatic N) is 3. The first-order chi connectivity index (χ1) is 18.9. The van der Waals surface area contributed by atoms with Crippen LogP contribution in [0.1, 0.15) is 0 Å². The molecule has 0 saturated heterocycles. The highest BCUT2D eigenvalue weighted by Gasteiger charge is 2.17. The van der Waals surface area contributed by atoms with E-state index < -0.39 is 0 Å². The maximum absolute atomic E-state index is 5.37. The highest BCUT2D eigenvalue weighted by Crippen LogP contribution is 2.36. The van der Waals surface area contributed by atoms with Crippen LogP contribution in [0, 0.1) is 0 Å². The fraction of sp³-hybridized carbons (Fsp3) is 0. The lowest BCUT2D eigenvalue weighted by molar-refractivity contribution is 1.01. The quantitative estimate of drug-likeness (QED) is 0.245. The molecule has 0 aliphatic rings. The number of para-hydroxylation sites is 4. The predicted octanol–water partition coefficient (Wildman–Crippen LogP) is 8.94. The molecule has 0 aliphatic carbocycles. The summed E-state index contributed by atoms with van der Waals surface area (Å²) >= 11 is 0. The maximum Gasteiger partial charge on any atom is 0.140 e. The van der Waals surface area contributed by atoms with Crippen molar-refractivity contribution in [3.05, 3.63) is 140 Å². The second-order valence-electron chi connectivity index (χ2n) is 9.68. The molecule has 0 spiro atoms. The van der Waals surface area contributed by atoms with Gasteiger partial charge in [-0.2, -0.15) is 0 Å². The van der Waals surface area contributed by atoms with Crippen molar-refractivity contribution in [2.75, 3.05) is 0 Å². The molecular formula is C35H23N3. The third-order valence-corrected chi connectivity index (χ3v) is 7.52. The lowest BCUT2D eigenvalue weighted by atomic mass is 10.1. The van der Waals surface area contributed by atoms with Gasteiger partial charge in [-0.15, -0.1) is 0 Å². The van der Waals surface area contributed by atoms with Gasteiger partial charge >= 0.3 is 0 Å². The highest BCUT2D eigenvalue weighted by atomic mass is 15.1. The van der Waals surface area contributed by atoms with Gasteiger partial charge in [0.05, 0.1) is 22.1 Å². The first kappa shape index (κ1) is 21.0. The molecule has 0 aliphatic heterocycles. The normalized spacial score (nSPS) is 11.7. The van der Waals surface area contributed by atoms with Crippen LogP contribution in [-0.4, -0.2) is 14.1 Å². The molecule has 0 amide bonds. The topological polar surface area (TPSA) is 22.8 Å². The lowest BCUT2D eigenvalue weighted by Gasteiger charge is -2.14. The van der Waals surface area contributed by atoms with E-state index in [2.05, 4.69) is 149 Å². The van der Waals surface area contributed by atoms with Crippen molar-refractivity contribution in [3.8, 4) is 22.8 Å². The van der Waals surface area contributed by atoms with E-state index in [1.54, 1.807) is 0 Å². The van der Waals surface area contributed by atoms with Gasteiger partial charge in [0.25, 0.3) is 0 Å². The summed E-state index contributed by atoms with van der Waals surface area (Å²) in [6.07, 6.45) is 0. The van der Waals surface area contributed by atoms with Crippen LogP contribution in [0.25, 0.3) is 66.4 Å². The molecule has 3 heterocycles. The van der Waals surface area contributed by atoms with Crippen LogP contribution in [0.2, 0.25) is 0 Å². The largest absolute Gasteiger partial charge is 0.294 e. The van der Waals surface area contributed by atoms with Gasteiger partial charge in [0.15, 0.2) is 0 Å². The van der Waals surface area contributed by atoms with Crippen LogP contribution in [0.4, 0.5) is 0 Å². The summed E-state index contributed by atoms with van der Waals surface area (Å²) in [4.78, 5) is 5.37. The van der Waals surface area contributed by atoms with Gasteiger partial charge in [0.1, 0.15) is 11.6 Å². The molecule has 178 valence electrons. The summed E-state index contributed by atoms with van der Waals surface area (Å²) in [5.41, 5.74) is 6.91. The Balaban J connectivity index is 1.51. The van der Waals surface area contributed by atoms with E-state index in [0.717, 1.165) is 39.3 Å². The molecule has 0 N–H and O–H groups in total. The van der Waals surface area contributed by atoms with Crippen LogP contribution in [-0.2, 0) is 0 Å². The summed E-state index contributed by atoms with van der Waals surface area (Å²) in [5.74, 6) is 1.81. The maximum atomic E-state index is 5.37. The second kappa shape index (κ2) is 8.19. The molecule has 8 aromatic rings. The molecule has 38 heavy (non-hydrogen) atoms. The molecule has 3 nitrogen and oxygen atoms in total. The van der Waals surface area contributed by atoms with E-state index >= 15 is 0 Å². The van der Waals surface area contributed by atoms with Gasteiger partial charge in [0, 0.05) is 21.5 Å². The van der Waals surface area contributed by atoms with Gasteiger partial charge in [-0.3, -0.25) is 9.13 Å². The van der Waals surface area contributed by atoms with Gasteiger partial charge in [0.2, 0.25) is 0 Å². The molecule has 3 heteroatoms. The molecule has 3 aromatic heterocycles. The minimum atomic E-state index is 0.903. The first-order valence-electron chi connectivity index (χ1n) is 12.9. The van der Waals surface area contributed by atoms with Crippen LogP contribution < -0.4 is 0 Å². The van der Waals surface area contributed by atoms with Gasteiger partial charge in [-0.05, 0) is 47.5 Å². The van der Waals surface area contributed by atoms with Crippen molar-refractivity contribution in [3.63, 3.8) is 0 Å². The summed E-state index contributed by atoms with van der Waals surface area (Å²) in [7, 11) is 0. The number of aromatic nitrogens is 3. The zero-order chi connectivity index (χ0) is 25.1. The fourth-order valence-corrected chi connectivity index (χ4v) is 5.87. The Morgan fingerprint density at radius 2 is 0.684 bits per heavy atom. The summed E-state index contributed by atoms with van der Waals surface area (Å²) in [5, 5.41) is 4.92. The molecule has 0 saturated carbocycles. The molecule has 0 radical (unpaired) electrons. The summed E-state index contributed by atoms with van der Waals surface area (Å²) in [6, 6.07) is 49.4. The molecule has 0 fully saturated rings. The third-order valence-electron chi connectivity index (χ3n) is 7.52. The smallest absolute Gasteiger partial charge is 0.140 e. The molecule has 0 bridgehead atoms. The van der Waals surface area contributed by atoms with Gasteiger partial charge in [-0.25, -0.2) is 4.98 Å². The van der Waals surface area contributed by atoms with E-state index in [1.807, 2.05) is 0 Å². The minimum Gasteiger partial charge on any atom is -0.294 e. The Labute approximate surface area is 219 Å². The summed E-state index contributed by atoms with van der Waals surface area (Å²) in [6.45, 7) is 0. The van der Waals surface area contributed by atoms with E-state index in [-0.39, 0.29) is 0 Å². The lowest BCUT2D eigenvalue weighted by Crippen LogP contribution is -2.04. The monoisotopic (exact) mass is 485 g/mol. The highest BCUT2D eigenvalue weighted by molar-refractivity contribution is 6.10. The number of pyridine rings is 1. The Morgan fingerprint density at radius 1 is 0.342 bits per heavy atom. The molecular weight excluding hydrogens is 462 g/mol. The number of rotatable bonds is 3. The van der Waals surface area contributed by atoms with Crippen LogP contribution in [0.3, 0.4) is 0 Å². The molecule has 0 atom stereocenters. The van der Waals surface area contributed by atoms with E-state index in [1.165, 1.54) is 27.1 Å². The van der Waals surface area contributed by atoms with Crippen LogP contribution >= 0.6 is 0 Å². The molecule has 5 aromatic carbocycles. The SMILES string of the molecule is c1ccc(-c2cc(-n3c4ccccc4c4ccccc43)nc(-n3c4ccccc4c4ccccc43)c2)cc1. The fourth-order valence-electron chi connectivity index (χ4n) is 5.87. The van der Waals surface area contributed by atoms with Crippen molar-refractivity contribution in [2.24, 2.45) is 0 Å². The van der Waals surface area contributed by atoms with E-state index in [9.17, 15) is 0 Å². The molecule has 8 rings (SSSR count). The number of fused-ring (bicyclic) bond motifs is 6. The number of benzene rings is 5. The van der Waals surface area contributed by atoms with E-state index in [0.29, 0.717) is 0 Å². The summed E-state index contributed by atoms with van der Waals surface area (Å²) < 4.78 is 4.60. The third kappa shape index (κ3) is 3.06. The van der Waals surface area contributed by atoms with Crippen molar-refractivity contribution in [2.45, 2.75) is 0 Å². The minimum absolute atomic E-state index is 0.903. The van der Waals surface area contributed by atoms with Crippen LogP contribution in [0.5, 0.6) is 0 Å². The average molecular weight is 486 g/mol. The predicted molar refractivity (Wildman–Crippen MR) is 158 cm³/mol. The van der Waals surface area contributed by atoms with Crippen molar-refractivity contribution in [1.82, 2.24) is 14.1 Å². The van der Waals surface area contributed by atoms with Crippen LogP contribution in [0.15, 0.2) is 140 Å². The Morgan fingerprint density at radius 3 is 1.08 bits per heavy atom. The van der Waals surface area contributed by atoms with E-state index in [4.69, 9.17) is 4.98 Å². The Hall–Kier alpha value is -5.15. The van der Waals surface area contributed by atoms with Gasteiger partial charge in [-0.1, -0.05) is 103 Å². The standard InChI is InChI=1S/C35H23N3/c1-2-12-24(13-3-1)25-22-34(37-30-18-8-4-14-26(30)27-15-5-9-19-31(27)37)36-35(23-25)38-32-20-10-6-16-28(32)29-17-7-11-21-33(29)38/h1-23H. The number of hydrogen-bond donors (Lipinski definition) is 0. The zero-order valence-corrected chi connectivity index (χ0v) is 20.6. The zero-order valence-electron chi connectivity index (χ0n) is 20.6.